The maximum Gasteiger partial charge on any atom is 0.417 e. The first kappa shape index (κ1) is 22.7. The number of hydrogen-bond donors (Lipinski definition) is 1. The minimum Gasteiger partial charge on any atom is -0.489 e. The van der Waals surface area contributed by atoms with E-state index < -0.39 is 11.7 Å². The van der Waals surface area contributed by atoms with Crippen LogP contribution >= 0.6 is 35.6 Å². The van der Waals surface area contributed by atoms with E-state index in [2.05, 4.69) is 10.2 Å². The van der Waals surface area contributed by atoms with Gasteiger partial charge in [0.1, 0.15) is 18.7 Å². The summed E-state index contributed by atoms with van der Waals surface area (Å²) in [4.78, 5) is 1.09. The third kappa shape index (κ3) is 5.57. The summed E-state index contributed by atoms with van der Waals surface area (Å²) < 4.78 is 52.6. The van der Waals surface area contributed by atoms with Crippen molar-refractivity contribution in [3.05, 3.63) is 58.1 Å². The Hall–Kier alpha value is -2.01. The highest BCUT2D eigenvalue weighted by atomic mass is 35.5. The van der Waals surface area contributed by atoms with E-state index in [1.165, 1.54) is 30.2 Å². The molecule has 5 nitrogen and oxygen atoms in total. The summed E-state index contributed by atoms with van der Waals surface area (Å²) in [7, 11) is 0. The summed E-state index contributed by atoms with van der Waals surface area (Å²) in [6.07, 6.45) is -3.00. The van der Waals surface area contributed by atoms with Crippen LogP contribution in [0.5, 0.6) is 5.75 Å². The van der Waals surface area contributed by atoms with Gasteiger partial charge >= 0.3 is 6.18 Å². The van der Waals surface area contributed by atoms with E-state index in [0.29, 0.717) is 45.8 Å². The zero-order valence-electron chi connectivity index (χ0n) is 15.7. The monoisotopic (exact) mass is 475 g/mol. The number of halogens is 4. The smallest absolute Gasteiger partial charge is 0.417 e. The Labute approximate surface area is 185 Å². The average molecular weight is 476 g/mol. The number of ether oxygens (including phenoxy) is 2. The first-order valence-corrected chi connectivity index (χ1v) is 10.4. The van der Waals surface area contributed by atoms with E-state index in [9.17, 15) is 13.2 Å². The Balaban J connectivity index is 1.91. The summed E-state index contributed by atoms with van der Waals surface area (Å²) in [6, 6.07) is 9.09. The van der Waals surface area contributed by atoms with Gasteiger partial charge in [-0.1, -0.05) is 23.4 Å². The molecule has 160 valence electrons. The van der Waals surface area contributed by atoms with Crippen LogP contribution in [0.1, 0.15) is 12.5 Å². The van der Waals surface area contributed by atoms with Crippen LogP contribution in [0.4, 0.5) is 13.2 Å². The molecule has 3 rings (SSSR count). The molecule has 11 heteroatoms. The lowest BCUT2D eigenvalue weighted by Crippen LogP contribution is -2.08. The summed E-state index contributed by atoms with van der Waals surface area (Å²) in [5.41, 5.74) is -0.217. The Morgan fingerprint density at radius 2 is 1.90 bits per heavy atom. The Bertz CT molecular complexity index is 1070. The number of nitrogens with one attached hydrogen (secondary N) is 1. The van der Waals surface area contributed by atoms with Gasteiger partial charge < -0.3 is 9.47 Å². The minimum atomic E-state index is -4.52. The van der Waals surface area contributed by atoms with E-state index in [0.717, 1.165) is 6.07 Å². The van der Waals surface area contributed by atoms with Gasteiger partial charge in [-0.25, -0.2) is 0 Å². The third-order valence-corrected chi connectivity index (χ3v) is 5.51. The Kier molecular flexibility index (Phi) is 7.45. The summed E-state index contributed by atoms with van der Waals surface area (Å²) in [6.45, 7) is 3.15. The standard InChI is InChI=1S/C19H17ClF3N3O2S2/c1-2-27-7-8-28-17-10-13(4-6-16(17)26-11-24-25-18(26)29)30-12-3-5-15(20)14(9-12)19(21,22)23/h3-6,9-11H,2,7-8H2,1H3,(H,25,29). The first-order chi connectivity index (χ1) is 14.3. The predicted molar refractivity (Wildman–Crippen MR) is 111 cm³/mol. The van der Waals surface area contributed by atoms with Crippen LogP contribution in [0.3, 0.4) is 0 Å². The summed E-state index contributed by atoms with van der Waals surface area (Å²) in [5, 5.41) is 6.25. The number of benzene rings is 2. The highest BCUT2D eigenvalue weighted by Crippen LogP contribution is 2.39. The normalized spacial score (nSPS) is 11.6. The molecule has 0 bridgehead atoms. The van der Waals surface area contributed by atoms with Crippen molar-refractivity contribution >= 4 is 35.6 Å². The van der Waals surface area contributed by atoms with Crippen molar-refractivity contribution in [2.24, 2.45) is 0 Å². The Morgan fingerprint density at radius 3 is 2.57 bits per heavy atom. The number of aromatic amines is 1. The summed E-state index contributed by atoms with van der Waals surface area (Å²) in [5.74, 6) is 0.502. The van der Waals surface area contributed by atoms with E-state index in [4.69, 9.17) is 33.3 Å². The number of hydrogen-bond acceptors (Lipinski definition) is 5. The number of rotatable bonds is 8. The number of H-pyrrole nitrogens is 1. The molecule has 0 saturated heterocycles. The molecular formula is C19H17ClF3N3O2S2. The SMILES string of the molecule is CCOCCOc1cc(Sc2ccc(Cl)c(C(F)(F)F)c2)ccc1-n1cn[nH]c1=S. The fourth-order valence-corrected chi connectivity index (χ4v) is 3.88. The number of aromatic nitrogens is 3. The second-order valence-corrected chi connectivity index (χ2v) is 7.89. The average Bonchev–Trinajstić information content (AvgIpc) is 3.12. The number of alkyl halides is 3. The molecule has 0 unspecified atom stereocenters. The highest BCUT2D eigenvalue weighted by Gasteiger charge is 2.33. The third-order valence-electron chi connectivity index (χ3n) is 3.91. The minimum absolute atomic E-state index is 0.305. The van der Waals surface area contributed by atoms with Crippen molar-refractivity contribution in [3.63, 3.8) is 0 Å². The van der Waals surface area contributed by atoms with Crippen LogP contribution in [-0.4, -0.2) is 34.6 Å². The second kappa shape index (κ2) is 9.86. The lowest BCUT2D eigenvalue weighted by Gasteiger charge is -2.14. The van der Waals surface area contributed by atoms with Crippen LogP contribution < -0.4 is 4.74 Å². The van der Waals surface area contributed by atoms with Crippen LogP contribution in [0.15, 0.2) is 52.5 Å². The molecule has 2 aromatic carbocycles. The van der Waals surface area contributed by atoms with Gasteiger partial charge in [-0.2, -0.15) is 18.3 Å². The molecule has 30 heavy (non-hydrogen) atoms. The van der Waals surface area contributed by atoms with Gasteiger partial charge in [-0.05, 0) is 55.5 Å². The van der Waals surface area contributed by atoms with E-state index in [1.54, 1.807) is 22.8 Å². The maximum atomic E-state index is 13.1. The van der Waals surface area contributed by atoms with Crippen molar-refractivity contribution in [1.82, 2.24) is 14.8 Å². The zero-order valence-corrected chi connectivity index (χ0v) is 18.1. The van der Waals surface area contributed by atoms with Crippen molar-refractivity contribution in [1.29, 1.82) is 0 Å². The van der Waals surface area contributed by atoms with Crippen LogP contribution in [0.2, 0.25) is 5.02 Å². The van der Waals surface area contributed by atoms with Crippen molar-refractivity contribution in [2.45, 2.75) is 22.9 Å². The largest absolute Gasteiger partial charge is 0.489 e. The highest BCUT2D eigenvalue weighted by molar-refractivity contribution is 7.99. The molecule has 3 aromatic rings. The van der Waals surface area contributed by atoms with Gasteiger partial charge in [-0.3, -0.25) is 9.67 Å². The lowest BCUT2D eigenvalue weighted by atomic mass is 10.2. The number of nitrogens with zero attached hydrogens (tertiary/aromatic N) is 2. The fraction of sp³-hybridized carbons (Fsp3) is 0.263. The second-order valence-electron chi connectivity index (χ2n) is 5.95. The molecule has 1 aromatic heterocycles. The zero-order chi connectivity index (χ0) is 21.7. The van der Waals surface area contributed by atoms with Gasteiger partial charge in [0.2, 0.25) is 0 Å². The molecule has 0 saturated carbocycles. The molecule has 0 aliphatic carbocycles. The van der Waals surface area contributed by atoms with Crippen molar-refractivity contribution in [3.8, 4) is 11.4 Å². The molecule has 0 amide bonds. The van der Waals surface area contributed by atoms with Crippen LogP contribution in [0.25, 0.3) is 5.69 Å². The topological polar surface area (TPSA) is 52.1 Å². The van der Waals surface area contributed by atoms with Crippen molar-refractivity contribution < 1.29 is 22.6 Å². The predicted octanol–water partition coefficient (Wildman–Crippen LogP) is 6.17. The Morgan fingerprint density at radius 1 is 1.17 bits per heavy atom. The van der Waals surface area contributed by atoms with Gasteiger partial charge in [0.05, 0.1) is 22.9 Å². The molecule has 0 spiro atoms. The maximum absolute atomic E-state index is 13.1. The van der Waals surface area contributed by atoms with Gasteiger partial charge in [0.15, 0.2) is 4.77 Å². The molecule has 0 aliphatic rings. The molecule has 0 aliphatic heterocycles. The van der Waals surface area contributed by atoms with Gasteiger partial charge in [-0.15, -0.1) is 0 Å². The first-order valence-electron chi connectivity index (χ1n) is 8.81. The quantitative estimate of drug-likeness (QED) is 0.312. The van der Waals surface area contributed by atoms with E-state index >= 15 is 0 Å². The van der Waals surface area contributed by atoms with Gasteiger partial charge in [0, 0.05) is 16.4 Å². The lowest BCUT2D eigenvalue weighted by molar-refractivity contribution is -0.137. The van der Waals surface area contributed by atoms with E-state index in [1.807, 2.05) is 6.92 Å². The molecule has 1 N–H and O–H groups in total. The van der Waals surface area contributed by atoms with Crippen LogP contribution in [-0.2, 0) is 10.9 Å². The molecular weight excluding hydrogens is 459 g/mol. The fourth-order valence-electron chi connectivity index (χ4n) is 2.57. The van der Waals surface area contributed by atoms with Gasteiger partial charge in [0.25, 0.3) is 0 Å². The molecule has 0 radical (unpaired) electrons. The van der Waals surface area contributed by atoms with Crippen LogP contribution in [0, 0.1) is 4.77 Å². The van der Waals surface area contributed by atoms with Crippen molar-refractivity contribution in [2.75, 3.05) is 19.8 Å². The van der Waals surface area contributed by atoms with E-state index in [-0.39, 0.29) is 5.02 Å². The molecule has 1 heterocycles. The summed E-state index contributed by atoms with van der Waals surface area (Å²) >= 11 is 12.1. The molecule has 0 fully saturated rings. The molecule has 0 atom stereocenters.